The number of nitrogens with one attached hydrogen (secondary N) is 3. The third-order valence-corrected chi connectivity index (χ3v) is 4.57. The van der Waals surface area contributed by atoms with Gasteiger partial charge in [-0.1, -0.05) is 11.6 Å². The molecule has 1 aliphatic rings. The minimum absolute atomic E-state index is 0.0390. The molecule has 7 heteroatoms. The van der Waals surface area contributed by atoms with E-state index in [9.17, 15) is 9.59 Å². The minimum atomic E-state index is -0.601. The number of H-pyrrole nitrogens is 2. The molecule has 0 bridgehead atoms. The van der Waals surface area contributed by atoms with Crippen molar-refractivity contribution in [3.05, 3.63) is 45.3 Å². The van der Waals surface area contributed by atoms with Gasteiger partial charge in [-0.25, -0.2) is 4.98 Å². The molecule has 1 aromatic carbocycles. The smallest absolute Gasteiger partial charge is 0.260 e. The van der Waals surface area contributed by atoms with Crippen LogP contribution in [0.5, 0.6) is 0 Å². The van der Waals surface area contributed by atoms with Crippen molar-refractivity contribution < 1.29 is 4.79 Å². The predicted octanol–water partition coefficient (Wildman–Crippen LogP) is 2.80. The number of carbonyl (C=O) groups is 1. The van der Waals surface area contributed by atoms with Gasteiger partial charge in [-0.2, -0.15) is 0 Å². The van der Waals surface area contributed by atoms with Gasteiger partial charge >= 0.3 is 0 Å². The molecule has 1 aliphatic heterocycles. The first kappa shape index (κ1) is 14.0. The number of amides is 1. The van der Waals surface area contributed by atoms with Gasteiger partial charge in [-0.05, 0) is 37.6 Å². The highest BCUT2D eigenvalue weighted by Crippen LogP contribution is 2.39. The molecule has 0 unspecified atom stereocenters. The molecule has 0 atom stereocenters. The molecule has 0 fully saturated rings. The summed E-state index contributed by atoms with van der Waals surface area (Å²) in [4.78, 5) is 34.2. The molecule has 0 aliphatic carbocycles. The molecule has 4 rings (SSSR count). The lowest BCUT2D eigenvalue weighted by Crippen LogP contribution is -2.26. The Labute approximate surface area is 135 Å². The molecule has 2 aromatic heterocycles. The summed E-state index contributed by atoms with van der Waals surface area (Å²) < 4.78 is 0. The Hall–Kier alpha value is -2.60. The van der Waals surface area contributed by atoms with Crippen LogP contribution in [-0.2, 0) is 10.2 Å². The Morgan fingerprint density at radius 3 is 2.74 bits per heavy atom. The second kappa shape index (κ2) is 4.45. The molecule has 0 saturated heterocycles. The standard InChI is InChI=1S/C16H13ClN4O2/c1-16(2)7-5-10-11(6-9(7)21-15(16)23)20-13(19-10)12-8(17)3-4-18-14(12)22/h3-6H,1-2H3,(H,18,22)(H,19,20)(H,21,23). The van der Waals surface area contributed by atoms with Gasteiger partial charge in [0.05, 0.1) is 21.5 Å². The predicted molar refractivity (Wildman–Crippen MR) is 88.8 cm³/mol. The number of imidazole rings is 1. The largest absolute Gasteiger partial charge is 0.338 e. The Morgan fingerprint density at radius 1 is 1.22 bits per heavy atom. The average molecular weight is 329 g/mol. The fourth-order valence-corrected chi connectivity index (χ4v) is 3.11. The van der Waals surface area contributed by atoms with Crippen LogP contribution in [0, 0.1) is 0 Å². The van der Waals surface area contributed by atoms with E-state index in [-0.39, 0.29) is 11.5 Å². The number of fused-ring (bicyclic) bond motifs is 2. The zero-order valence-electron chi connectivity index (χ0n) is 12.5. The molecule has 116 valence electrons. The Balaban J connectivity index is 1.95. The third kappa shape index (κ3) is 1.91. The van der Waals surface area contributed by atoms with Crippen LogP contribution in [0.25, 0.3) is 22.4 Å². The first-order valence-corrected chi connectivity index (χ1v) is 7.49. The number of benzene rings is 1. The van der Waals surface area contributed by atoms with Crippen LogP contribution < -0.4 is 10.9 Å². The Morgan fingerprint density at radius 2 is 2.00 bits per heavy atom. The van der Waals surface area contributed by atoms with Gasteiger partial charge in [0.15, 0.2) is 0 Å². The van der Waals surface area contributed by atoms with E-state index in [0.717, 1.165) is 16.8 Å². The maximum atomic E-state index is 12.0. The molecule has 0 saturated carbocycles. The number of carbonyl (C=O) groups excluding carboxylic acids is 1. The van der Waals surface area contributed by atoms with E-state index in [1.165, 1.54) is 6.20 Å². The summed E-state index contributed by atoms with van der Waals surface area (Å²) in [6.07, 6.45) is 1.49. The van der Waals surface area contributed by atoms with E-state index in [0.29, 0.717) is 21.9 Å². The number of halogens is 1. The van der Waals surface area contributed by atoms with Gasteiger partial charge in [0.25, 0.3) is 5.56 Å². The van der Waals surface area contributed by atoms with Gasteiger partial charge in [0.1, 0.15) is 11.4 Å². The summed E-state index contributed by atoms with van der Waals surface area (Å²) in [5.41, 5.74) is 2.46. The second-order valence-electron chi connectivity index (χ2n) is 6.11. The Kier molecular flexibility index (Phi) is 2.72. The lowest BCUT2D eigenvalue weighted by Gasteiger charge is -2.14. The minimum Gasteiger partial charge on any atom is -0.338 e. The number of hydrogen-bond acceptors (Lipinski definition) is 3. The van der Waals surface area contributed by atoms with Crippen molar-refractivity contribution in [2.75, 3.05) is 5.32 Å². The summed E-state index contributed by atoms with van der Waals surface area (Å²) >= 11 is 6.12. The van der Waals surface area contributed by atoms with E-state index in [2.05, 4.69) is 20.3 Å². The lowest BCUT2D eigenvalue weighted by molar-refractivity contribution is -0.119. The molecule has 0 radical (unpaired) electrons. The first-order chi connectivity index (χ1) is 10.9. The molecule has 3 aromatic rings. The zero-order chi connectivity index (χ0) is 16.4. The van der Waals surface area contributed by atoms with Crippen LogP contribution in [0.1, 0.15) is 19.4 Å². The van der Waals surface area contributed by atoms with Gasteiger partial charge in [0.2, 0.25) is 5.91 Å². The first-order valence-electron chi connectivity index (χ1n) is 7.11. The lowest BCUT2D eigenvalue weighted by atomic mass is 9.86. The second-order valence-corrected chi connectivity index (χ2v) is 6.52. The summed E-state index contributed by atoms with van der Waals surface area (Å²) in [7, 11) is 0. The summed E-state index contributed by atoms with van der Waals surface area (Å²) in [6.45, 7) is 3.74. The van der Waals surface area contributed by atoms with Crippen molar-refractivity contribution in [1.82, 2.24) is 15.0 Å². The molecule has 3 heterocycles. The van der Waals surface area contributed by atoms with Gasteiger partial charge in [-0.3, -0.25) is 9.59 Å². The average Bonchev–Trinajstić information content (AvgIpc) is 2.96. The third-order valence-electron chi connectivity index (χ3n) is 4.26. The topological polar surface area (TPSA) is 90.6 Å². The van der Waals surface area contributed by atoms with Crippen LogP contribution in [0.2, 0.25) is 5.02 Å². The number of nitrogens with zero attached hydrogens (tertiary/aromatic N) is 1. The fourth-order valence-electron chi connectivity index (χ4n) is 2.87. The van der Waals surface area contributed by atoms with Gasteiger partial charge in [0, 0.05) is 11.9 Å². The van der Waals surface area contributed by atoms with E-state index < -0.39 is 5.41 Å². The fraction of sp³-hybridized carbons (Fsp3) is 0.188. The van der Waals surface area contributed by atoms with Crippen LogP contribution in [0.15, 0.2) is 29.2 Å². The number of aromatic nitrogens is 3. The van der Waals surface area contributed by atoms with Crippen molar-refractivity contribution in [2.45, 2.75) is 19.3 Å². The number of rotatable bonds is 1. The molecule has 0 spiro atoms. The monoisotopic (exact) mass is 328 g/mol. The molecule has 6 nitrogen and oxygen atoms in total. The molecular weight excluding hydrogens is 316 g/mol. The molecule has 1 amide bonds. The van der Waals surface area contributed by atoms with E-state index >= 15 is 0 Å². The maximum Gasteiger partial charge on any atom is 0.260 e. The van der Waals surface area contributed by atoms with Crippen molar-refractivity contribution in [3.63, 3.8) is 0 Å². The van der Waals surface area contributed by atoms with Crippen molar-refractivity contribution in [3.8, 4) is 11.4 Å². The Bertz CT molecular complexity index is 1030. The van der Waals surface area contributed by atoms with Crippen molar-refractivity contribution >= 4 is 34.2 Å². The highest BCUT2D eigenvalue weighted by Gasteiger charge is 2.38. The molecule has 3 N–H and O–H groups in total. The SMILES string of the molecule is CC1(C)C(=O)Nc2cc3nc(-c4c(Cl)cc[nH]c4=O)[nH]c3cc21. The van der Waals surface area contributed by atoms with E-state index in [1.807, 2.05) is 26.0 Å². The van der Waals surface area contributed by atoms with Crippen LogP contribution >= 0.6 is 11.6 Å². The zero-order valence-corrected chi connectivity index (χ0v) is 13.2. The molecular formula is C16H13ClN4O2. The van der Waals surface area contributed by atoms with E-state index in [4.69, 9.17) is 11.6 Å². The van der Waals surface area contributed by atoms with Crippen molar-refractivity contribution in [2.24, 2.45) is 0 Å². The number of hydrogen-bond donors (Lipinski definition) is 3. The normalized spacial score (nSPS) is 15.7. The number of anilines is 1. The maximum absolute atomic E-state index is 12.0. The highest BCUT2D eigenvalue weighted by atomic mass is 35.5. The van der Waals surface area contributed by atoms with Crippen LogP contribution in [-0.4, -0.2) is 20.9 Å². The highest BCUT2D eigenvalue weighted by molar-refractivity contribution is 6.33. The quantitative estimate of drug-likeness (QED) is 0.641. The molecule has 23 heavy (non-hydrogen) atoms. The summed E-state index contributed by atoms with van der Waals surface area (Å²) in [5, 5.41) is 3.19. The summed E-state index contributed by atoms with van der Waals surface area (Å²) in [5.74, 6) is 0.364. The number of aromatic amines is 2. The van der Waals surface area contributed by atoms with Gasteiger partial charge < -0.3 is 15.3 Å². The van der Waals surface area contributed by atoms with Crippen LogP contribution in [0.4, 0.5) is 5.69 Å². The van der Waals surface area contributed by atoms with Crippen molar-refractivity contribution in [1.29, 1.82) is 0 Å². The summed E-state index contributed by atoms with van der Waals surface area (Å²) in [6, 6.07) is 5.31. The van der Waals surface area contributed by atoms with Crippen LogP contribution in [0.3, 0.4) is 0 Å². The van der Waals surface area contributed by atoms with Gasteiger partial charge in [-0.15, -0.1) is 0 Å². The number of pyridine rings is 1. The van der Waals surface area contributed by atoms with E-state index in [1.54, 1.807) is 6.07 Å².